The Bertz CT molecular complexity index is 1540. The number of benzene rings is 2. The molecular weight excluding hydrogens is 585 g/mol. The van der Waals surface area contributed by atoms with Crippen LogP contribution in [0.1, 0.15) is 31.5 Å². The lowest BCUT2D eigenvalue weighted by molar-refractivity contribution is -0.709. The molecule has 0 saturated heterocycles. The topological polar surface area (TPSA) is 158 Å². The van der Waals surface area contributed by atoms with Gasteiger partial charge in [-0.15, -0.1) is 5.01 Å². The molecule has 13 nitrogen and oxygen atoms in total. The summed E-state index contributed by atoms with van der Waals surface area (Å²) in [6.07, 6.45) is -4.63. The number of hydrazine groups is 1. The van der Waals surface area contributed by atoms with Gasteiger partial charge in [-0.1, -0.05) is 36.8 Å². The number of carbonyl (C=O) groups is 2. The Balaban J connectivity index is 1.75. The van der Waals surface area contributed by atoms with Gasteiger partial charge in [0.25, 0.3) is 22.7 Å². The van der Waals surface area contributed by atoms with Gasteiger partial charge in [-0.3, -0.25) is 9.59 Å². The Labute approximate surface area is 238 Å². The van der Waals surface area contributed by atoms with Crippen molar-refractivity contribution in [1.29, 1.82) is 0 Å². The maximum Gasteiger partial charge on any atom is 0.435 e. The van der Waals surface area contributed by atoms with E-state index < -0.39 is 47.1 Å². The predicted molar refractivity (Wildman–Crippen MR) is 140 cm³/mol. The van der Waals surface area contributed by atoms with Crippen LogP contribution in [-0.2, 0) is 35.4 Å². The average molecular weight is 613 g/mol. The molecule has 1 amide bonds. The van der Waals surface area contributed by atoms with Gasteiger partial charge >= 0.3 is 12.1 Å². The van der Waals surface area contributed by atoms with Crippen LogP contribution in [0.5, 0.6) is 0 Å². The highest BCUT2D eigenvalue weighted by Crippen LogP contribution is 2.33. The van der Waals surface area contributed by atoms with Crippen molar-refractivity contribution in [3.63, 3.8) is 0 Å². The van der Waals surface area contributed by atoms with Crippen LogP contribution in [0.15, 0.2) is 64.8 Å². The van der Waals surface area contributed by atoms with Crippen molar-refractivity contribution in [1.82, 2.24) is 19.5 Å². The summed E-state index contributed by atoms with van der Waals surface area (Å²) in [5.74, 6) is -1.67. The summed E-state index contributed by atoms with van der Waals surface area (Å²) in [5.41, 5.74) is 0.497. The number of alkyl halides is 3. The lowest BCUT2D eigenvalue weighted by Crippen LogP contribution is -2.42. The van der Waals surface area contributed by atoms with Gasteiger partial charge in [0.05, 0.1) is 27.8 Å². The van der Waals surface area contributed by atoms with E-state index in [-0.39, 0.29) is 34.2 Å². The van der Waals surface area contributed by atoms with Gasteiger partial charge in [0.2, 0.25) is 5.28 Å². The second-order valence-electron chi connectivity index (χ2n) is 8.65. The highest BCUT2D eigenvalue weighted by molar-refractivity contribution is 7.90. The predicted octanol–water partition coefficient (Wildman–Crippen LogP) is 3.71. The van der Waals surface area contributed by atoms with Crippen LogP contribution in [0.2, 0.25) is 0 Å². The quantitative estimate of drug-likeness (QED) is 0.0804. The second-order valence-corrected chi connectivity index (χ2v) is 10.3. The number of sulfonamides is 1. The van der Waals surface area contributed by atoms with Crippen molar-refractivity contribution in [3.8, 4) is 16.9 Å². The van der Waals surface area contributed by atoms with E-state index in [1.54, 1.807) is 31.2 Å². The fourth-order valence-corrected chi connectivity index (χ4v) is 4.41. The number of aromatic nitrogens is 2. The van der Waals surface area contributed by atoms with Gasteiger partial charge in [-0.05, 0) is 44.2 Å². The lowest BCUT2D eigenvalue weighted by Gasteiger charge is -2.16. The van der Waals surface area contributed by atoms with Crippen LogP contribution in [0, 0.1) is 12.1 Å². The van der Waals surface area contributed by atoms with Crippen molar-refractivity contribution >= 4 is 21.9 Å². The van der Waals surface area contributed by atoms with Gasteiger partial charge in [-0.25, -0.2) is 17.8 Å². The van der Waals surface area contributed by atoms with Gasteiger partial charge in [0.1, 0.15) is 0 Å². The molecule has 17 heteroatoms. The fraction of sp³-hybridized carbons (Fsp3) is 0.320. The van der Waals surface area contributed by atoms with E-state index >= 15 is 0 Å². The number of hydrogen-bond acceptors (Lipinski definition) is 9. The van der Waals surface area contributed by atoms with E-state index in [0.717, 1.165) is 33.5 Å². The molecule has 0 bridgehead atoms. The summed E-state index contributed by atoms with van der Waals surface area (Å²) in [5, 5.41) is 19.6. The Kier molecular flexibility index (Phi) is 10.1. The number of nitrogens with one attached hydrogen (secondary N) is 1. The zero-order valence-electron chi connectivity index (χ0n) is 22.7. The molecule has 2 aromatic carbocycles. The molecule has 1 heterocycles. The zero-order valence-corrected chi connectivity index (χ0v) is 23.5. The molecule has 0 saturated carbocycles. The number of ether oxygens (including phenoxy) is 1. The Hall–Kier alpha value is -4.67. The molecule has 3 aromatic rings. The molecule has 0 aliphatic heterocycles. The SMILES string of the molecule is CCC(=O)OCO/N=[N+](\[O-])N(CC)CC(=O)NS(=O)(=O)c1ccc(-n2nc(C(F)(F)F)cc2-c2ccc(C)cc2)cc1. The standard InChI is InChI=1S/C25H27F3N6O7S/c1-4-24(36)40-16-41-31-34(37)32(5-2)15-23(35)30-42(38,39)20-12-10-19(11-13-20)33-21(14-22(29-33)25(26,27)28)18-8-6-17(3)7-9-18/h6-14H,4-5,15-16H2,1-3H3,(H,30,35)/b34-31-. The summed E-state index contributed by atoms with van der Waals surface area (Å²) in [6.45, 7) is 3.43. The number of nitrogens with zero attached hydrogens (tertiary/aromatic N) is 5. The smallest absolute Gasteiger partial charge is 0.435 e. The van der Waals surface area contributed by atoms with Gasteiger partial charge in [0.15, 0.2) is 12.2 Å². The number of halogens is 3. The number of hydrogen-bond donors (Lipinski definition) is 1. The molecule has 1 aromatic heterocycles. The highest BCUT2D eigenvalue weighted by atomic mass is 32.2. The minimum Gasteiger partial charge on any atom is -0.569 e. The first-order valence-electron chi connectivity index (χ1n) is 12.4. The third kappa shape index (κ3) is 8.18. The largest absolute Gasteiger partial charge is 0.569 e. The number of esters is 1. The summed E-state index contributed by atoms with van der Waals surface area (Å²) in [6, 6.07) is 12.3. The lowest BCUT2D eigenvalue weighted by atomic mass is 10.1. The van der Waals surface area contributed by atoms with Crippen LogP contribution in [0.3, 0.4) is 0 Å². The first kappa shape index (κ1) is 31.9. The average Bonchev–Trinajstić information content (AvgIpc) is 3.40. The number of rotatable bonds is 12. The molecule has 0 spiro atoms. The molecule has 226 valence electrons. The van der Waals surface area contributed by atoms with Crippen molar-refractivity contribution in [3.05, 3.63) is 71.1 Å². The molecule has 0 radical (unpaired) electrons. The number of carbonyl (C=O) groups excluding carboxylic acids is 2. The van der Waals surface area contributed by atoms with Crippen molar-refractivity contribution < 1.29 is 45.7 Å². The van der Waals surface area contributed by atoms with E-state index in [4.69, 9.17) is 0 Å². The van der Waals surface area contributed by atoms with E-state index in [2.05, 4.69) is 20.0 Å². The molecule has 0 unspecified atom stereocenters. The Morgan fingerprint density at radius 2 is 1.76 bits per heavy atom. The molecule has 3 rings (SSSR count). The third-order valence-electron chi connectivity index (χ3n) is 5.61. The third-order valence-corrected chi connectivity index (χ3v) is 7.00. The summed E-state index contributed by atoms with van der Waals surface area (Å²) in [7, 11) is -4.43. The molecule has 1 N–H and O–H groups in total. The fourth-order valence-electron chi connectivity index (χ4n) is 3.43. The molecular formula is C25H27F3N6O7S. The summed E-state index contributed by atoms with van der Waals surface area (Å²) < 4.78 is 73.4. The van der Waals surface area contributed by atoms with E-state index in [9.17, 15) is 36.4 Å². The van der Waals surface area contributed by atoms with E-state index in [0.29, 0.717) is 5.56 Å². The van der Waals surface area contributed by atoms with Crippen LogP contribution in [-0.4, -0.2) is 59.9 Å². The Morgan fingerprint density at radius 3 is 2.33 bits per heavy atom. The van der Waals surface area contributed by atoms with Crippen LogP contribution in [0.25, 0.3) is 16.9 Å². The number of aryl methyl sites for hydroxylation is 1. The van der Waals surface area contributed by atoms with Crippen molar-refractivity contribution in [2.75, 3.05) is 19.9 Å². The highest BCUT2D eigenvalue weighted by Gasteiger charge is 2.35. The van der Waals surface area contributed by atoms with Crippen molar-refractivity contribution in [2.24, 2.45) is 5.28 Å². The van der Waals surface area contributed by atoms with E-state index in [1.807, 2.05) is 11.6 Å². The molecule has 0 aliphatic carbocycles. The maximum atomic E-state index is 13.5. The van der Waals surface area contributed by atoms with Crippen molar-refractivity contribution in [2.45, 2.75) is 38.3 Å². The monoisotopic (exact) mass is 612 g/mol. The summed E-state index contributed by atoms with van der Waals surface area (Å²) in [4.78, 5) is 27.5. The molecule has 0 atom stereocenters. The normalized spacial score (nSPS) is 12.1. The first-order valence-corrected chi connectivity index (χ1v) is 13.8. The van der Waals surface area contributed by atoms with Crippen LogP contribution < -0.4 is 4.72 Å². The van der Waals surface area contributed by atoms with Gasteiger partial charge < -0.3 is 14.8 Å². The van der Waals surface area contributed by atoms with Gasteiger partial charge in [0, 0.05) is 12.0 Å². The first-order chi connectivity index (χ1) is 19.7. The summed E-state index contributed by atoms with van der Waals surface area (Å²) >= 11 is 0. The zero-order chi connectivity index (χ0) is 31.1. The Morgan fingerprint density at radius 1 is 1.12 bits per heavy atom. The molecule has 0 fully saturated rings. The molecule has 42 heavy (non-hydrogen) atoms. The second kappa shape index (κ2) is 13.3. The number of amides is 1. The van der Waals surface area contributed by atoms with Gasteiger partial charge in [-0.2, -0.15) is 18.3 Å². The number of likely N-dealkylation sites (N-methyl/N-ethyl adjacent to an activating group) is 1. The van der Waals surface area contributed by atoms with Crippen LogP contribution >= 0.6 is 0 Å². The molecule has 0 aliphatic rings. The minimum atomic E-state index is -4.72. The van der Waals surface area contributed by atoms with Crippen LogP contribution in [0.4, 0.5) is 13.2 Å². The van der Waals surface area contributed by atoms with E-state index in [1.165, 1.54) is 19.1 Å². The maximum absolute atomic E-state index is 13.5. The minimum absolute atomic E-state index is 0.0691.